The molecule has 0 bridgehead atoms. The molecule has 0 radical (unpaired) electrons. The highest BCUT2D eigenvalue weighted by atomic mass is 32.1. The summed E-state index contributed by atoms with van der Waals surface area (Å²) >= 11 is 1.70. The van der Waals surface area contributed by atoms with Crippen LogP contribution in [-0.2, 0) is 6.54 Å². The summed E-state index contributed by atoms with van der Waals surface area (Å²) in [5.74, 6) is 0. The topological polar surface area (TPSA) is 45.1 Å². The smallest absolute Gasteiger partial charge is 0.0794 e. The molecule has 0 amide bonds. The molecular weight excluding hydrogens is 232 g/mol. The first-order valence-corrected chi connectivity index (χ1v) is 7.42. The van der Waals surface area contributed by atoms with Crippen molar-refractivity contribution in [3.8, 4) is 0 Å². The van der Waals surface area contributed by atoms with Crippen LogP contribution in [0.3, 0.4) is 0 Å². The van der Waals surface area contributed by atoms with Crippen LogP contribution >= 0.6 is 11.3 Å². The average Bonchev–Trinajstić information content (AvgIpc) is 2.84. The Kier molecular flexibility index (Phi) is 4.95. The summed E-state index contributed by atoms with van der Waals surface area (Å²) in [6, 6.07) is 0. The van der Waals surface area contributed by atoms with Gasteiger partial charge in [0.25, 0.3) is 0 Å². The van der Waals surface area contributed by atoms with Crippen molar-refractivity contribution in [1.82, 2.24) is 10.3 Å². The predicted octanol–water partition coefficient (Wildman–Crippen LogP) is 2.57. The number of nitrogens with one attached hydrogen (secondary N) is 1. The number of aromatic nitrogens is 1. The lowest BCUT2D eigenvalue weighted by Crippen LogP contribution is -2.36. The van der Waals surface area contributed by atoms with Crippen molar-refractivity contribution in [2.75, 3.05) is 13.2 Å². The van der Waals surface area contributed by atoms with Crippen LogP contribution in [0.4, 0.5) is 0 Å². The van der Waals surface area contributed by atoms with Gasteiger partial charge in [0.05, 0.1) is 5.51 Å². The molecule has 4 heteroatoms. The second-order valence-corrected chi connectivity index (χ2v) is 6.08. The number of hydrogen-bond donors (Lipinski definition) is 2. The molecule has 1 aliphatic carbocycles. The summed E-state index contributed by atoms with van der Waals surface area (Å²) in [5.41, 5.74) is 2.22. The summed E-state index contributed by atoms with van der Waals surface area (Å²) in [6.07, 6.45) is 9.42. The molecule has 1 fully saturated rings. The Labute approximate surface area is 107 Å². The van der Waals surface area contributed by atoms with E-state index in [0.717, 1.165) is 19.5 Å². The molecule has 2 N–H and O–H groups in total. The maximum Gasteiger partial charge on any atom is 0.0794 e. The van der Waals surface area contributed by atoms with Crippen molar-refractivity contribution in [3.05, 3.63) is 16.6 Å². The fraction of sp³-hybridized carbons (Fsp3) is 0.769. The van der Waals surface area contributed by atoms with Crippen molar-refractivity contribution < 1.29 is 5.11 Å². The zero-order valence-corrected chi connectivity index (χ0v) is 11.1. The van der Waals surface area contributed by atoms with Crippen LogP contribution in [0, 0.1) is 5.41 Å². The molecule has 0 atom stereocenters. The normalized spacial score (nSPS) is 19.4. The zero-order chi connectivity index (χ0) is 12.0. The summed E-state index contributed by atoms with van der Waals surface area (Å²) in [5, 5.41) is 12.8. The first-order chi connectivity index (χ1) is 8.35. The molecule has 0 aliphatic heterocycles. The number of aliphatic hydroxyl groups is 1. The molecule has 17 heavy (non-hydrogen) atoms. The molecule has 1 aromatic rings. The standard InChI is InChI=1S/C13H22N2OS/c16-7-6-13(4-2-1-3-5-13)10-14-8-12-9-15-11-17-12/h9,11,14,16H,1-8,10H2. The molecular formula is C13H22N2OS. The Balaban J connectivity index is 1.80. The second kappa shape index (κ2) is 6.47. The Morgan fingerprint density at radius 1 is 1.35 bits per heavy atom. The monoisotopic (exact) mass is 254 g/mol. The van der Waals surface area contributed by atoms with Crippen molar-refractivity contribution in [2.45, 2.75) is 45.1 Å². The minimum Gasteiger partial charge on any atom is -0.396 e. The van der Waals surface area contributed by atoms with Crippen LogP contribution in [0.5, 0.6) is 0 Å². The van der Waals surface area contributed by atoms with Crippen LogP contribution in [0.25, 0.3) is 0 Å². The third-order valence-corrected chi connectivity index (χ3v) is 4.62. The van der Waals surface area contributed by atoms with E-state index >= 15 is 0 Å². The molecule has 0 spiro atoms. The van der Waals surface area contributed by atoms with Crippen LogP contribution in [0.2, 0.25) is 0 Å². The summed E-state index contributed by atoms with van der Waals surface area (Å²) in [7, 11) is 0. The largest absolute Gasteiger partial charge is 0.396 e. The van der Waals surface area contributed by atoms with Gasteiger partial charge in [0.15, 0.2) is 0 Å². The number of thiazole rings is 1. The zero-order valence-electron chi connectivity index (χ0n) is 10.3. The molecule has 1 saturated carbocycles. The number of nitrogens with zero attached hydrogens (tertiary/aromatic N) is 1. The van der Waals surface area contributed by atoms with E-state index in [4.69, 9.17) is 0 Å². The van der Waals surface area contributed by atoms with E-state index in [9.17, 15) is 5.11 Å². The molecule has 0 unspecified atom stereocenters. The van der Waals surface area contributed by atoms with E-state index in [0.29, 0.717) is 12.0 Å². The van der Waals surface area contributed by atoms with E-state index in [2.05, 4.69) is 10.3 Å². The van der Waals surface area contributed by atoms with Crippen LogP contribution in [0.15, 0.2) is 11.7 Å². The van der Waals surface area contributed by atoms with Crippen molar-refractivity contribution in [3.63, 3.8) is 0 Å². The summed E-state index contributed by atoms with van der Waals surface area (Å²) in [4.78, 5) is 5.37. The van der Waals surface area contributed by atoms with Gasteiger partial charge < -0.3 is 10.4 Å². The highest BCUT2D eigenvalue weighted by Gasteiger charge is 2.30. The lowest BCUT2D eigenvalue weighted by molar-refractivity contribution is 0.126. The number of rotatable bonds is 6. The fourth-order valence-corrected chi connectivity index (χ4v) is 3.40. The molecule has 1 aromatic heterocycles. The maximum atomic E-state index is 9.23. The Morgan fingerprint density at radius 2 is 2.18 bits per heavy atom. The number of aliphatic hydroxyl groups excluding tert-OH is 1. The Morgan fingerprint density at radius 3 is 2.82 bits per heavy atom. The van der Waals surface area contributed by atoms with Crippen molar-refractivity contribution in [1.29, 1.82) is 0 Å². The predicted molar refractivity (Wildman–Crippen MR) is 71.0 cm³/mol. The molecule has 2 rings (SSSR count). The molecule has 1 heterocycles. The van der Waals surface area contributed by atoms with Gasteiger partial charge in [0.1, 0.15) is 0 Å². The SMILES string of the molecule is OCCC1(CNCc2cncs2)CCCCC1. The Hall–Kier alpha value is -0.450. The summed E-state index contributed by atoms with van der Waals surface area (Å²) in [6.45, 7) is 2.27. The van der Waals surface area contributed by atoms with E-state index in [-0.39, 0.29) is 0 Å². The highest BCUT2D eigenvalue weighted by Crippen LogP contribution is 2.38. The average molecular weight is 254 g/mol. The van der Waals surface area contributed by atoms with Gasteiger partial charge in [-0.1, -0.05) is 19.3 Å². The van der Waals surface area contributed by atoms with Gasteiger partial charge in [-0.2, -0.15) is 0 Å². The van der Waals surface area contributed by atoms with Gasteiger partial charge >= 0.3 is 0 Å². The first kappa shape index (κ1) is 13.0. The minimum atomic E-state index is 0.322. The molecule has 3 nitrogen and oxygen atoms in total. The molecule has 96 valence electrons. The van der Waals surface area contributed by atoms with E-state index < -0.39 is 0 Å². The first-order valence-electron chi connectivity index (χ1n) is 6.54. The second-order valence-electron chi connectivity index (χ2n) is 5.11. The van der Waals surface area contributed by atoms with Gasteiger partial charge in [-0.25, -0.2) is 0 Å². The summed E-state index contributed by atoms with van der Waals surface area (Å²) < 4.78 is 0. The van der Waals surface area contributed by atoms with Crippen molar-refractivity contribution >= 4 is 11.3 Å². The fourth-order valence-electron chi connectivity index (χ4n) is 2.83. The van der Waals surface area contributed by atoms with Gasteiger partial charge in [-0.05, 0) is 24.7 Å². The lowest BCUT2D eigenvalue weighted by Gasteiger charge is -2.37. The minimum absolute atomic E-state index is 0.322. The van der Waals surface area contributed by atoms with E-state index in [1.807, 2.05) is 11.7 Å². The van der Waals surface area contributed by atoms with E-state index in [1.54, 1.807) is 11.3 Å². The molecule has 0 saturated heterocycles. The van der Waals surface area contributed by atoms with Gasteiger partial charge in [0, 0.05) is 30.8 Å². The number of hydrogen-bond acceptors (Lipinski definition) is 4. The lowest BCUT2D eigenvalue weighted by atomic mass is 9.72. The van der Waals surface area contributed by atoms with Crippen LogP contribution in [-0.4, -0.2) is 23.2 Å². The van der Waals surface area contributed by atoms with Crippen LogP contribution < -0.4 is 5.32 Å². The third-order valence-electron chi connectivity index (χ3n) is 3.84. The maximum absolute atomic E-state index is 9.23. The van der Waals surface area contributed by atoms with E-state index in [1.165, 1.54) is 37.0 Å². The van der Waals surface area contributed by atoms with Gasteiger partial charge in [0.2, 0.25) is 0 Å². The van der Waals surface area contributed by atoms with Crippen LogP contribution in [0.1, 0.15) is 43.4 Å². The third kappa shape index (κ3) is 3.76. The Bertz CT molecular complexity index is 302. The molecule has 0 aromatic carbocycles. The van der Waals surface area contributed by atoms with Gasteiger partial charge in [-0.15, -0.1) is 11.3 Å². The quantitative estimate of drug-likeness (QED) is 0.820. The highest BCUT2D eigenvalue weighted by molar-refractivity contribution is 7.09. The van der Waals surface area contributed by atoms with Gasteiger partial charge in [-0.3, -0.25) is 4.98 Å². The molecule has 1 aliphatic rings. The van der Waals surface area contributed by atoms with Crippen molar-refractivity contribution in [2.24, 2.45) is 5.41 Å².